The topological polar surface area (TPSA) is 34.1 Å². The van der Waals surface area contributed by atoms with Crippen LogP contribution in [0.15, 0.2) is 18.2 Å². The first-order valence-electron chi connectivity index (χ1n) is 7.06. The zero-order chi connectivity index (χ0) is 12.4. The molecule has 2 saturated carbocycles. The fourth-order valence-corrected chi connectivity index (χ4v) is 3.68. The molecule has 0 radical (unpaired) electrons. The summed E-state index contributed by atoms with van der Waals surface area (Å²) in [5.74, 6) is 3.65. The van der Waals surface area contributed by atoms with Gasteiger partial charge >= 0.3 is 0 Å². The van der Waals surface area contributed by atoms with Crippen LogP contribution in [0.4, 0.5) is 0 Å². The number of nitrogens with one attached hydrogen (secondary N) is 1. The van der Waals surface area contributed by atoms with E-state index in [9.17, 15) is 0 Å². The third-order valence-electron chi connectivity index (χ3n) is 4.59. The molecule has 2 bridgehead atoms. The molecule has 3 heteroatoms. The highest BCUT2D eigenvalue weighted by Crippen LogP contribution is 2.47. The fraction of sp³-hybridized carbons (Fsp3) is 0.667. The second-order valence-electron chi connectivity index (χ2n) is 5.74. The van der Waals surface area contributed by atoms with Crippen molar-refractivity contribution in [3.05, 3.63) is 23.9 Å². The molecule has 3 unspecified atom stereocenters. The van der Waals surface area contributed by atoms with Gasteiger partial charge in [0.25, 0.3) is 0 Å². The Kier molecular flexibility index (Phi) is 3.50. The lowest BCUT2D eigenvalue weighted by molar-refractivity contribution is 0.317. The van der Waals surface area contributed by atoms with Crippen molar-refractivity contribution in [1.29, 1.82) is 0 Å². The highest BCUT2D eigenvalue weighted by molar-refractivity contribution is 5.15. The lowest BCUT2D eigenvalue weighted by Gasteiger charge is -2.21. The Labute approximate surface area is 109 Å². The summed E-state index contributed by atoms with van der Waals surface area (Å²) in [6.07, 6.45) is 5.89. The molecule has 1 aromatic rings. The molecule has 0 amide bonds. The molecule has 3 rings (SSSR count). The van der Waals surface area contributed by atoms with Gasteiger partial charge in [-0.15, -0.1) is 0 Å². The van der Waals surface area contributed by atoms with Crippen molar-refractivity contribution in [3.63, 3.8) is 0 Å². The number of rotatable bonds is 5. The predicted octanol–water partition coefficient (Wildman–Crippen LogP) is 2.62. The zero-order valence-corrected chi connectivity index (χ0v) is 11.1. The molecule has 1 N–H and O–H groups in total. The van der Waals surface area contributed by atoms with E-state index in [0.29, 0.717) is 5.88 Å². The van der Waals surface area contributed by atoms with Gasteiger partial charge in [0.2, 0.25) is 5.88 Å². The maximum atomic E-state index is 5.14. The molecule has 2 aliphatic carbocycles. The third kappa shape index (κ3) is 2.51. The Hall–Kier alpha value is -1.09. The first-order chi connectivity index (χ1) is 8.85. The van der Waals surface area contributed by atoms with Gasteiger partial charge in [-0.1, -0.05) is 12.5 Å². The van der Waals surface area contributed by atoms with Crippen LogP contribution in [0, 0.1) is 17.8 Å². The first kappa shape index (κ1) is 12.0. The van der Waals surface area contributed by atoms with Crippen LogP contribution in [0.1, 0.15) is 31.4 Å². The highest BCUT2D eigenvalue weighted by atomic mass is 16.5. The van der Waals surface area contributed by atoms with Gasteiger partial charge in [0.1, 0.15) is 0 Å². The van der Waals surface area contributed by atoms with Crippen molar-refractivity contribution >= 4 is 0 Å². The molecule has 3 nitrogen and oxygen atoms in total. The van der Waals surface area contributed by atoms with Gasteiger partial charge < -0.3 is 10.1 Å². The SMILES string of the molecule is COc1cccc(CNCC2CC3CCC2C3)n1. The van der Waals surface area contributed by atoms with Gasteiger partial charge in [0.05, 0.1) is 12.8 Å². The Morgan fingerprint density at radius 1 is 1.33 bits per heavy atom. The van der Waals surface area contributed by atoms with Gasteiger partial charge in [-0.25, -0.2) is 4.98 Å². The lowest BCUT2D eigenvalue weighted by Crippen LogP contribution is -2.26. The van der Waals surface area contributed by atoms with Crippen molar-refractivity contribution in [2.75, 3.05) is 13.7 Å². The monoisotopic (exact) mass is 246 g/mol. The van der Waals surface area contributed by atoms with Crippen LogP contribution >= 0.6 is 0 Å². The van der Waals surface area contributed by atoms with E-state index in [1.807, 2.05) is 12.1 Å². The van der Waals surface area contributed by atoms with Crippen LogP contribution in [0.3, 0.4) is 0 Å². The van der Waals surface area contributed by atoms with E-state index in [1.54, 1.807) is 7.11 Å². The average Bonchev–Trinajstić information content (AvgIpc) is 3.01. The smallest absolute Gasteiger partial charge is 0.213 e. The summed E-state index contributed by atoms with van der Waals surface area (Å²) in [4.78, 5) is 4.42. The van der Waals surface area contributed by atoms with Crippen LogP contribution in [0.5, 0.6) is 5.88 Å². The molecular formula is C15H22N2O. The Balaban J connectivity index is 1.46. The van der Waals surface area contributed by atoms with Gasteiger partial charge in [-0.3, -0.25) is 0 Å². The van der Waals surface area contributed by atoms with E-state index in [-0.39, 0.29) is 0 Å². The molecule has 0 saturated heterocycles. The molecule has 1 aromatic heterocycles. The number of nitrogens with zero attached hydrogens (tertiary/aromatic N) is 1. The molecule has 3 atom stereocenters. The molecule has 18 heavy (non-hydrogen) atoms. The standard InChI is InChI=1S/C15H22N2O/c1-18-15-4-2-3-14(17-15)10-16-9-13-8-11-5-6-12(13)7-11/h2-4,11-13,16H,5-10H2,1H3. The van der Waals surface area contributed by atoms with Gasteiger partial charge in [0.15, 0.2) is 0 Å². The molecular weight excluding hydrogens is 224 g/mol. The van der Waals surface area contributed by atoms with Crippen LogP contribution in [-0.4, -0.2) is 18.6 Å². The maximum Gasteiger partial charge on any atom is 0.213 e. The van der Waals surface area contributed by atoms with Crippen molar-refractivity contribution < 1.29 is 4.74 Å². The van der Waals surface area contributed by atoms with Crippen LogP contribution in [0.2, 0.25) is 0 Å². The lowest BCUT2D eigenvalue weighted by atomic mass is 9.89. The van der Waals surface area contributed by atoms with Crippen LogP contribution in [-0.2, 0) is 6.54 Å². The van der Waals surface area contributed by atoms with E-state index in [4.69, 9.17) is 4.74 Å². The Morgan fingerprint density at radius 3 is 3.00 bits per heavy atom. The van der Waals surface area contributed by atoms with Gasteiger partial charge in [-0.2, -0.15) is 0 Å². The molecule has 98 valence electrons. The molecule has 0 spiro atoms. The second-order valence-corrected chi connectivity index (χ2v) is 5.74. The van der Waals surface area contributed by atoms with E-state index in [1.165, 1.54) is 25.7 Å². The third-order valence-corrected chi connectivity index (χ3v) is 4.59. The molecule has 0 aliphatic heterocycles. The molecule has 1 heterocycles. The summed E-state index contributed by atoms with van der Waals surface area (Å²) in [5.41, 5.74) is 1.07. The predicted molar refractivity (Wildman–Crippen MR) is 71.4 cm³/mol. The number of hydrogen-bond donors (Lipinski definition) is 1. The summed E-state index contributed by atoms with van der Waals surface area (Å²) in [5, 5.41) is 3.56. The van der Waals surface area contributed by atoms with Gasteiger partial charge in [0, 0.05) is 12.6 Å². The summed E-state index contributed by atoms with van der Waals surface area (Å²) in [6, 6.07) is 5.94. The van der Waals surface area contributed by atoms with E-state index >= 15 is 0 Å². The number of pyridine rings is 1. The zero-order valence-electron chi connectivity index (χ0n) is 11.1. The van der Waals surface area contributed by atoms with Crippen molar-refractivity contribution in [2.24, 2.45) is 17.8 Å². The van der Waals surface area contributed by atoms with E-state index in [2.05, 4.69) is 16.4 Å². The summed E-state index contributed by atoms with van der Waals surface area (Å²) >= 11 is 0. The number of ether oxygens (including phenoxy) is 1. The normalized spacial score (nSPS) is 29.7. The van der Waals surface area contributed by atoms with E-state index < -0.39 is 0 Å². The minimum Gasteiger partial charge on any atom is -0.481 e. The van der Waals surface area contributed by atoms with E-state index in [0.717, 1.165) is 36.5 Å². The quantitative estimate of drug-likeness (QED) is 0.867. The molecule has 2 aliphatic rings. The average molecular weight is 246 g/mol. The second kappa shape index (κ2) is 5.27. The number of methoxy groups -OCH3 is 1. The fourth-order valence-electron chi connectivity index (χ4n) is 3.68. The highest BCUT2D eigenvalue weighted by Gasteiger charge is 2.38. The number of aromatic nitrogens is 1. The van der Waals surface area contributed by atoms with Crippen molar-refractivity contribution in [2.45, 2.75) is 32.2 Å². The van der Waals surface area contributed by atoms with Crippen molar-refractivity contribution in [1.82, 2.24) is 10.3 Å². The largest absolute Gasteiger partial charge is 0.481 e. The summed E-state index contributed by atoms with van der Waals surface area (Å²) in [7, 11) is 1.66. The maximum absolute atomic E-state index is 5.14. The van der Waals surface area contributed by atoms with Gasteiger partial charge in [-0.05, 0) is 49.6 Å². The van der Waals surface area contributed by atoms with Crippen LogP contribution in [0.25, 0.3) is 0 Å². The first-order valence-corrected chi connectivity index (χ1v) is 7.06. The molecule has 0 aromatic carbocycles. The minimum atomic E-state index is 0.703. The van der Waals surface area contributed by atoms with Crippen LogP contribution < -0.4 is 10.1 Å². The van der Waals surface area contributed by atoms with Crippen molar-refractivity contribution in [3.8, 4) is 5.88 Å². The molecule has 2 fully saturated rings. The summed E-state index contributed by atoms with van der Waals surface area (Å²) < 4.78 is 5.14. The Bertz CT molecular complexity index is 407. The summed E-state index contributed by atoms with van der Waals surface area (Å²) in [6.45, 7) is 2.01. The number of hydrogen-bond acceptors (Lipinski definition) is 3. The number of fused-ring (bicyclic) bond motifs is 2. The minimum absolute atomic E-state index is 0.703. The Morgan fingerprint density at radius 2 is 2.28 bits per heavy atom.